The van der Waals surface area contributed by atoms with Crippen LogP contribution in [0.1, 0.15) is 92.4 Å². The average Bonchev–Trinajstić information content (AvgIpc) is 3.44. The van der Waals surface area contributed by atoms with Crippen molar-refractivity contribution >= 4 is 0 Å². The normalized spacial score (nSPS) is 54.9. The Morgan fingerprint density at radius 3 is 2.68 bits per heavy atom. The van der Waals surface area contributed by atoms with Crippen LogP contribution in [-0.2, 0) is 0 Å². The number of piperidine rings is 1. The second-order valence-electron chi connectivity index (χ2n) is 17.9. The number of fused-ring (bicyclic) bond motifs is 3. The monoisotopic (exact) mass is 596 g/mol. The fourth-order valence-electron chi connectivity index (χ4n) is 14.5. The first kappa shape index (κ1) is 28.7. The van der Waals surface area contributed by atoms with E-state index in [1.165, 1.54) is 56.9 Å². The molecule has 2 spiro atoms. The third-order valence-electron chi connectivity index (χ3n) is 16.1. The number of rotatable bonds is 4. The molecule has 0 aromatic heterocycles. The van der Waals surface area contributed by atoms with Gasteiger partial charge < -0.3 is 15.5 Å². The van der Waals surface area contributed by atoms with Crippen LogP contribution in [0.3, 0.4) is 0 Å². The Balaban J connectivity index is 1.18. The van der Waals surface area contributed by atoms with E-state index in [4.69, 9.17) is 0 Å². The van der Waals surface area contributed by atoms with Crippen LogP contribution in [0.2, 0.25) is 0 Å². The van der Waals surface area contributed by atoms with Crippen molar-refractivity contribution in [2.75, 3.05) is 6.54 Å². The second-order valence-corrected chi connectivity index (χ2v) is 17.9. The van der Waals surface area contributed by atoms with Crippen LogP contribution in [0.5, 0.6) is 0 Å². The van der Waals surface area contributed by atoms with Crippen molar-refractivity contribution in [3.05, 3.63) is 58.7 Å². The summed E-state index contributed by atoms with van der Waals surface area (Å²) in [5, 5.41) is 30.1. The maximum Gasteiger partial charge on any atom is 0.0758 e. The Bertz CT molecular complexity index is 1440. The summed E-state index contributed by atoms with van der Waals surface area (Å²) in [5.74, 6) is 4.65. The van der Waals surface area contributed by atoms with Crippen LogP contribution in [0.4, 0.5) is 0 Å². The summed E-state index contributed by atoms with van der Waals surface area (Å²) in [4.78, 5) is 0. The van der Waals surface area contributed by atoms with Crippen molar-refractivity contribution in [1.82, 2.24) is 10.6 Å². The van der Waals surface area contributed by atoms with Crippen LogP contribution in [0.15, 0.2) is 58.7 Å². The minimum atomic E-state index is -0.392. The fraction of sp³-hybridized carbons (Fsp3) is 0.750. The molecule has 5 saturated carbocycles. The molecule has 0 amide bonds. The van der Waals surface area contributed by atoms with Crippen molar-refractivity contribution < 1.29 is 10.2 Å². The van der Waals surface area contributed by atoms with Gasteiger partial charge in [0.15, 0.2) is 0 Å². The molecule has 4 heteroatoms. The highest BCUT2D eigenvalue weighted by molar-refractivity contribution is 5.57. The Morgan fingerprint density at radius 2 is 1.91 bits per heavy atom. The number of hydrogen-bond donors (Lipinski definition) is 4. The third kappa shape index (κ3) is 3.26. The third-order valence-corrected chi connectivity index (χ3v) is 16.1. The van der Waals surface area contributed by atoms with Crippen LogP contribution >= 0.6 is 0 Å². The Morgan fingerprint density at radius 1 is 1.11 bits per heavy atom. The van der Waals surface area contributed by atoms with Gasteiger partial charge in [-0.15, -0.1) is 0 Å². The number of aliphatic hydroxyl groups is 2. The highest BCUT2D eigenvalue weighted by Gasteiger charge is 2.78. The number of aliphatic hydroxyl groups excluding tert-OH is 2. The zero-order valence-corrected chi connectivity index (χ0v) is 27.8. The fourth-order valence-corrected chi connectivity index (χ4v) is 14.5. The maximum absolute atomic E-state index is 11.8. The van der Waals surface area contributed by atoms with Gasteiger partial charge in [0, 0.05) is 29.5 Å². The zero-order chi connectivity index (χ0) is 30.6. The lowest BCUT2D eigenvalue weighted by Crippen LogP contribution is -2.77. The first-order valence-electron chi connectivity index (χ1n) is 18.3. The van der Waals surface area contributed by atoms with Crippen molar-refractivity contribution in [3.8, 4) is 0 Å². The van der Waals surface area contributed by atoms with E-state index in [0.29, 0.717) is 48.0 Å². The lowest BCUT2D eigenvalue weighted by Gasteiger charge is -2.69. The summed E-state index contributed by atoms with van der Waals surface area (Å²) >= 11 is 0. The van der Waals surface area contributed by atoms with Gasteiger partial charge in [0.1, 0.15) is 0 Å². The predicted molar refractivity (Wildman–Crippen MR) is 177 cm³/mol. The Labute approximate surface area is 265 Å². The van der Waals surface area contributed by atoms with Gasteiger partial charge in [-0.25, -0.2) is 0 Å². The largest absolute Gasteiger partial charge is 0.392 e. The zero-order valence-electron chi connectivity index (χ0n) is 27.8. The molecule has 2 heterocycles. The molecule has 4 nitrogen and oxygen atoms in total. The van der Waals surface area contributed by atoms with Crippen molar-refractivity contribution in [3.63, 3.8) is 0 Å². The summed E-state index contributed by atoms with van der Waals surface area (Å²) in [5.41, 5.74) is 8.38. The van der Waals surface area contributed by atoms with E-state index in [2.05, 4.69) is 69.2 Å². The number of allylic oxidation sites excluding steroid dienone is 5. The SMILES string of the molecule is C=C(C)C1CCC2(C)C(=C(C)C=C3C2CCC2CC4CC5CC6CC(NCC(C)O)C(O)C7C=CC8=CC32NC4(C)C85C67)C1. The van der Waals surface area contributed by atoms with E-state index in [1.54, 1.807) is 22.3 Å². The van der Waals surface area contributed by atoms with Gasteiger partial charge in [-0.2, -0.15) is 0 Å². The molecule has 0 aromatic rings. The lowest BCUT2D eigenvalue weighted by molar-refractivity contribution is -0.0859. The molecule has 44 heavy (non-hydrogen) atoms. The number of hydrogen-bond acceptors (Lipinski definition) is 4. The topological polar surface area (TPSA) is 64.5 Å². The van der Waals surface area contributed by atoms with Crippen LogP contribution in [0, 0.1) is 58.2 Å². The van der Waals surface area contributed by atoms with E-state index in [9.17, 15) is 10.2 Å². The molecular weight excluding hydrogens is 540 g/mol. The number of nitrogens with one attached hydrogen (secondary N) is 2. The predicted octanol–water partition coefficient (Wildman–Crippen LogP) is 6.63. The standard InChI is InChI=1S/C40H56N2O2/c1-21(2)24-11-12-37(5)31-10-8-26-17-28-18-29-14-25-16-34(41-20-23(4)43)36(44)30-9-7-27-19-39(26,33(31)13-22(3)32(37)15-24)42-38(28,6)40(27,29)35(25)30/h7,9,13,19,23-26,28-31,34-36,41-44H,1,8,10-12,14-18,20H2,2-6H3. The second kappa shape index (κ2) is 9.12. The van der Waals surface area contributed by atoms with Gasteiger partial charge in [-0.1, -0.05) is 54.5 Å². The molecule has 238 valence electrons. The first-order valence-corrected chi connectivity index (χ1v) is 18.3. The molecule has 9 aliphatic rings. The highest BCUT2D eigenvalue weighted by atomic mass is 16.3. The van der Waals surface area contributed by atoms with E-state index >= 15 is 0 Å². The maximum atomic E-state index is 11.8. The van der Waals surface area contributed by atoms with Crippen LogP contribution < -0.4 is 10.6 Å². The molecular formula is C40H56N2O2. The van der Waals surface area contributed by atoms with E-state index in [-0.39, 0.29) is 33.9 Å². The molecule has 0 radical (unpaired) electrons. The van der Waals surface area contributed by atoms with E-state index in [1.807, 2.05) is 6.92 Å². The summed E-state index contributed by atoms with van der Waals surface area (Å²) in [7, 11) is 0. The van der Waals surface area contributed by atoms with Crippen LogP contribution in [-0.4, -0.2) is 46.1 Å². The van der Waals surface area contributed by atoms with E-state index < -0.39 is 12.2 Å². The average molecular weight is 597 g/mol. The smallest absolute Gasteiger partial charge is 0.0758 e. The molecule has 1 saturated heterocycles. The van der Waals surface area contributed by atoms with Gasteiger partial charge in [-0.05, 0) is 143 Å². The Kier molecular flexibility index (Phi) is 5.95. The summed E-state index contributed by atoms with van der Waals surface area (Å²) < 4.78 is 0. The quantitative estimate of drug-likeness (QED) is 0.275. The molecule has 7 aliphatic carbocycles. The molecule has 15 unspecified atom stereocenters. The molecule has 4 N–H and O–H groups in total. The molecule has 2 aliphatic heterocycles. The summed E-state index contributed by atoms with van der Waals surface area (Å²) in [6.45, 7) is 16.7. The minimum absolute atomic E-state index is 0.0471. The van der Waals surface area contributed by atoms with Gasteiger partial charge in [0.2, 0.25) is 0 Å². The van der Waals surface area contributed by atoms with E-state index in [0.717, 1.165) is 6.42 Å². The lowest BCUT2D eigenvalue weighted by atomic mass is 9.42. The molecule has 15 atom stereocenters. The van der Waals surface area contributed by atoms with Gasteiger partial charge in [0.05, 0.1) is 17.7 Å². The van der Waals surface area contributed by atoms with Gasteiger partial charge in [0.25, 0.3) is 0 Å². The Hall–Kier alpha value is -1.46. The van der Waals surface area contributed by atoms with Gasteiger partial charge in [-0.3, -0.25) is 5.32 Å². The molecule has 2 bridgehead atoms. The van der Waals surface area contributed by atoms with Crippen molar-refractivity contribution in [1.29, 1.82) is 0 Å². The molecule has 0 aromatic carbocycles. The highest BCUT2D eigenvalue weighted by Crippen LogP contribution is 2.78. The van der Waals surface area contributed by atoms with Crippen molar-refractivity contribution in [2.45, 2.75) is 122 Å². The van der Waals surface area contributed by atoms with Crippen molar-refractivity contribution in [2.24, 2.45) is 58.2 Å². The summed E-state index contributed by atoms with van der Waals surface area (Å²) in [6.07, 6.45) is 21.1. The molecule has 6 fully saturated rings. The van der Waals surface area contributed by atoms with Gasteiger partial charge >= 0.3 is 0 Å². The van der Waals surface area contributed by atoms with Crippen LogP contribution in [0.25, 0.3) is 0 Å². The first-order chi connectivity index (χ1) is 20.9. The summed E-state index contributed by atoms with van der Waals surface area (Å²) in [6, 6.07) is 0.0691. The minimum Gasteiger partial charge on any atom is -0.392 e. The molecule has 9 rings (SSSR count).